The minimum Gasteiger partial charge on any atom is -0.490 e. The molecule has 150 valence electrons. The molecule has 4 heterocycles. The lowest BCUT2D eigenvalue weighted by Crippen LogP contribution is -2.19. The van der Waals surface area contributed by atoms with E-state index < -0.39 is 0 Å². The Kier molecular flexibility index (Phi) is 5.41. The lowest BCUT2D eigenvalue weighted by molar-refractivity contribution is 0.288. The van der Waals surface area contributed by atoms with E-state index in [0.29, 0.717) is 6.61 Å². The molecule has 0 amide bonds. The molecule has 7 heteroatoms. The summed E-state index contributed by atoms with van der Waals surface area (Å²) in [6.07, 6.45) is 5.31. The van der Waals surface area contributed by atoms with Gasteiger partial charge in [0.2, 0.25) is 0 Å². The van der Waals surface area contributed by atoms with Crippen LogP contribution in [0.4, 0.5) is 5.82 Å². The van der Waals surface area contributed by atoms with Crippen LogP contribution in [-0.2, 0) is 5.41 Å². The van der Waals surface area contributed by atoms with Crippen LogP contribution in [0.3, 0.4) is 0 Å². The number of aromatic nitrogens is 4. The monoisotopic (exact) mass is 407 g/mol. The van der Waals surface area contributed by atoms with E-state index in [9.17, 15) is 0 Å². The van der Waals surface area contributed by atoms with Crippen molar-refractivity contribution in [3.8, 4) is 17.0 Å². The van der Waals surface area contributed by atoms with Crippen molar-refractivity contribution in [2.45, 2.75) is 38.4 Å². The number of nitrogens with zero attached hydrogens (tertiary/aromatic N) is 4. The summed E-state index contributed by atoms with van der Waals surface area (Å²) in [6, 6.07) is 8.02. The summed E-state index contributed by atoms with van der Waals surface area (Å²) in [7, 11) is 0. The molecular formula is C22H25N5OS. The average molecular weight is 408 g/mol. The number of pyridine rings is 2. The van der Waals surface area contributed by atoms with Crippen LogP contribution in [0.5, 0.6) is 5.75 Å². The maximum atomic E-state index is 5.98. The number of anilines is 1. The first-order chi connectivity index (χ1) is 13.9. The fourth-order valence-corrected chi connectivity index (χ4v) is 4.15. The number of ether oxygens (including phenoxy) is 1. The molecule has 0 radical (unpaired) electrons. The highest BCUT2D eigenvalue weighted by Crippen LogP contribution is 2.43. The highest BCUT2D eigenvalue weighted by atomic mass is 32.2. The number of thioether (sulfide) groups is 1. The van der Waals surface area contributed by atoms with Crippen molar-refractivity contribution >= 4 is 17.6 Å². The van der Waals surface area contributed by atoms with E-state index >= 15 is 0 Å². The minimum absolute atomic E-state index is 0.0316. The van der Waals surface area contributed by atoms with Gasteiger partial charge in [-0.15, -0.1) is 11.8 Å². The van der Waals surface area contributed by atoms with Crippen molar-refractivity contribution in [2.75, 3.05) is 17.8 Å². The van der Waals surface area contributed by atoms with E-state index in [2.05, 4.69) is 52.1 Å². The molecule has 0 bridgehead atoms. The van der Waals surface area contributed by atoms with Crippen LogP contribution in [-0.4, -0.2) is 32.4 Å². The third-order valence-electron chi connectivity index (χ3n) is 5.05. The van der Waals surface area contributed by atoms with Crippen LogP contribution >= 0.6 is 11.8 Å². The molecule has 0 unspecified atom stereocenters. The highest BCUT2D eigenvalue weighted by molar-refractivity contribution is 7.99. The van der Waals surface area contributed by atoms with Gasteiger partial charge in [0.1, 0.15) is 17.9 Å². The first-order valence-corrected chi connectivity index (χ1v) is 10.7. The zero-order valence-electron chi connectivity index (χ0n) is 17.1. The van der Waals surface area contributed by atoms with Crippen LogP contribution in [0.15, 0.2) is 43.0 Å². The molecule has 0 saturated heterocycles. The minimum atomic E-state index is -0.0316. The van der Waals surface area contributed by atoms with Gasteiger partial charge in [-0.1, -0.05) is 13.8 Å². The van der Waals surface area contributed by atoms with Crippen LogP contribution < -0.4 is 10.1 Å². The van der Waals surface area contributed by atoms with E-state index in [4.69, 9.17) is 4.74 Å². The summed E-state index contributed by atoms with van der Waals surface area (Å²) in [5, 5.41) is 3.66. The SMILES string of the molecule is Cc1ccc(-c2cc(NCS[C@@H](C)c3ccnc4c3OCC4(C)C)ncn2)cn1. The van der Waals surface area contributed by atoms with Gasteiger partial charge in [-0.05, 0) is 32.0 Å². The Morgan fingerprint density at radius 3 is 2.83 bits per heavy atom. The van der Waals surface area contributed by atoms with Crippen LogP contribution in [0.25, 0.3) is 11.3 Å². The standard InChI is InChI=1S/C22H25N5OS/c1-14-5-6-16(10-24-14)18-9-19(26-12-25-18)27-13-29-15(2)17-7-8-23-21-20(17)28-11-22(21,3)4/h5-10,12,15H,11,13H2,1-4H3,(H,25,26,27)/t15-/m0/s1. The number of nitrogens with one attached hydrogen (secondary N) is 1. The number of rotatable bonds is 6. The van der Waals surface area contributed by atoms with Crippen molar-refractivity contribution in [3.63, 3.8) is 0 Å². The molecule has 3 aromatic rings. The Morgan fingerprint density at radius 2 is 2.03 bits per heavy atom. The largest absolute Gasteiger partial charge is 0.490 e. The molecule has 4 rings (SSSR count). The topological polar surface area (TPSA) is 72.8 Å². The lowest BCUT2D eigenvalue weighted by atomic mass is 9.90. The molecule has 0 aromatic carbocycles. The van der Waals surface area contributed by atoms with Crippen molar-refractivity contribution in [3.05, 3.63) is 59.9 Å². The van der Waals surface area contributed by atoms with E-state index in [1.165, 1.54) is 5.56 Å². The number of aryl methyl sites for hydroxylation is 1. The fraction of sp³-hybridized carbons (Fsp3) is 0.364. The van der Waals surface area contributed by atoms with Crippen molar-refractivity contribution in [2.24, 2.45) is 0 Å². The van der Waals surface area contributed by atoms with Gasteiger partial charge in [-0.2, -0.15) is 0 Å². The Labute approximate surface area is 175 Å². The Morgan fingerprint density at radius 1 is 1.17 bits per heavy atom. The maximum absolute atomic E-state index is 5.98. The van der Waals surface area contributed by atoms with Gasteiger partial charge in [-0.3, -0.25) is 9.97 Å². The summed E-state index contributed by atoms with van der Waals surface area (Å²) < 4.78 is 5.98. The fourth-order valence-electron chi connectivity index (χ4n) is 3.30. The summed E-state index contributed by atoms with van der Waals surface area (Å²) in [4.78, 5) is 17.6. The molecule has 0 aliphatic carbocycles. The summed E-state index contributed by atoms with van der Waals surface area (Å²) in [6.45, 7) is 9.19. The van der Waals surface area contributed by atoms with Gasteiger partial charge in [-0.25, -0.2) is 9.97 Å². The van der Waals surface area contributed by atoms with E-state index in [-0.39, 0.29) is 10.7 Å². The Hall–Kier alpha value is -2.67. The third-order valence-corrected chi connectivity index (χ3v) is 6.12. The van der Waals surface area contributed by atoms with Gasteiger partial charge in [0.05, 0.1) is 23.9 Å². The second-order valence-electron chi connectivity index (χ2n) is 7.86. The van der Waals surface area contributed by atoms with E-state index in [0.717, 1.165) is 40.1 Å². The van der Waals surface area contributed by atoms with Gasteiger partial charge in [0.15, 0.2) is 0 Å². The summed E-state index contributed by atoms with van der Waals surface area (Å²) in [5.74, 6) is 2.48. The molecule has 0 spiro atoms. The van der Waals surface area contributed by atoms with Crippen LogP contribution in [0.2, 0.25) is 0 Å². The Bertz CT molecular complexity index is 1010. The predicted octanol–water partition coefficient (Wildman–Crippen LogP) is 4.78. The van der Waals surface area contributed by atoms with Crippen LogP contribution in [0.1, 0.15) is 43.0 Å². The smallest absolute Gasteiger partial charge is 0.145 e. The zero-order valence-corrected chi connectivity index (χ0v) is 18.0. The van der Waals surface area contributed by atoms with Gasteiger partial charge in [0, 0.05) is 45.9 Å². The maximum Gasteiger partial charge on any atom is 0.145 e. The molecule has 3 aromatic heterocycles. The number of hydrogen-bond acceptors (Lipinski definition) is 7. The first kappa shape index (κ1) is 19.6. The molecule has 29 heavy (non-hydrogen) atoms. The lowest BCUT2D eigenvalue weighted by Gasteiger charge is -2.16. The molecule has 1 atom stereocenters. The predicted molar refractivity (Wildman–Crippen MR) is 117 cm³/mol. The number of hydrogen-bond donors (Lipinski definition) is 1. The summed E-state index contributed by atoms with van der Waals surface area (Å²) in [5.41, 5.74) is 5.05. The highest BCUT2D eigenvalue weighted by Gasteiger charge is 2.35. The zero-order chi connectivity index (χ0) is 20.4. The van der Waals surface area contributed by atoms with Crippen molar-refractivity contribution in [1.29, 1.82) is 0 Å². The second-order valence-corrected chi connectivity index (χ2v) is 9.19. The van der Waals surface area contributed by atoms with Crippen LogP contribution in [0, 0.1) is 6.92 Å². The molecule has 6 nitrogen and oxygen atoms in total. The third kappa shape index (κ3) is 4.19. The van der Waals surface area contributed by atoms with Gasteiger partial charge < -0.3 is 10.1 Å². The Balaban J connectivity index is 1.41. The molecule has 0 fully saturated rings. The first-order valence-electron chi connectivity index (χ1n) is 9.67. The molecule has 1 N–H and O–H groups in total. The second kappa shape index (κ2) is 7.99. The van der Waals surface area contributed by atoms with Crippen molar-refractivity contribution < 1.29 is 4.74 Å². The van der Waals surface area contributed by atoms with E-state index in [1.807, 2.05) is 37.5 Å². The quantitative estimate of drug-likeness (QED) is 0.590. The average Bonchev–Trinajstić information content (AvgIpc) is 3.04. The molecule has 1 aliphatic heterocycles. The van der Waals surface area contributed by atoms with Crippen molar-refractivity contribution in [1.82, 2.24) is 19.9 Å². The summed E-state index contributed by atoms with van der Waals surface area (Å²) >= 11 is 1.80. The van der Waals surface area contributed by atoms with Gasteiger partial charge >= 0.3 is 0 Å². The molecular weight excluding hydrogens is 382 g/mol. The van der Waals surface area contributed by atoms with E-state index in [1.54, 1.807) is 18.1 Å². The van der Waals surface area contributed by atoms with Gasteiger partial charge in [0.25, 0.3) is 0 Å². The number of fused-ring (bicyclic) bond motifs is 1. The molecule has 1 aliphatic rings. The normalized spacial score (nSPS) is 15.4. The molecule has 0 saturated carbocycles.